The molecule has 1 N–H and O–H groups in total. The largest absolute Gasteiger partial charge is 0.486 e. The molecule has 2 nitrogen and oxygen atoms in total. The van der Waals surface area contributed by atoms with Gasteiger partial charge in [-0.3, -0.25) is 0 Å². The van der Waals surface area contributed by atoms with E-state index in [1.165, 1.54) is 12.1 Å². The fourth-order valence-corrected chi connectivity index (χ4v) is 2.76. The van der Waals surface area contributed by atoms with Crippen molar-refractivity contribution in [3.63, 3.8) is 0 Å². The molecule has 0 spiro atoms. The van der Waals surface area contributed by atoms with Gasteiger partial charge < -0.3 is 10.1 Å². The van der Waals surface area contributed by atoms with Gasteiger partial charge in [0.25, 0.3) is 0 Å². The maximum Gasteiger partial charge on any atom is 0.130 e. The molecule has 21 heavy (non-hydrogen) atoms. The zero-order valence-corrected chi connectivity index (χ0v) is 12.0. The molecule has 1 heterocycles. The van der Waals surface area contributed by atoms with Crippen molar-refractivity contribution in [1.29, 1.82) is 0 Å². The van der Waals surface area contributed by atoms with Crippen molar-refractivity contribution >= 4 is 0 Å². The van der Waals surface area contributed by atoms with Crippen molar-refractivity contribution in [2.75, 3.05) is 0 Å². The topological polar surface area (TPSA) is 21.3 Å². The monoisotopic (exact) mass is 289 g/mol. The van der Waals surface area contributed by atoms with Crippen LogP contribution in [-0.4, -0.2) is 5.60 Å². The molecule has 1 aliphatic heterocycles. The molecular formula is C17H17F2NO. The third-order valence-electron chi connectivity index (χ3n) is 3.81. The minimum absolute atomic E-state index is 0.0434. The van der Waals surface area contributed by atoms with E-state index in [1.807, 2.05) is 38.1 Å². The van der Waals surface area contributed by atoms with Gasteiger partial charge in [-0.05, 0) is 26.0 Å². The Balaban J connectivity index is 1.81. The summed E-state index contributed by atoms with van der Waals surface area (Å²) >= 11 is 0. The highest BCUT2D eigenvalue weighted by atomic mass is 19.1. The predicted octanol–water partition coefficient (Wildman–Crippen LogP) is 3.97. The lowest BCUT2D eigenvalue weighted by atomic mass is 9.94. The fourth-order valence-electron chi connectivity index (χ4n) is 2.76. The van der Waals surface area contributed by atoms with Crippen LogP contribution in [0.25, 0.3) is 0 Å². The Bertz CT molecular complexity index is 670. The fraction of sp³-hybridized carbons (Fsp3) is 0.294. The Kier molecular flexibility index (Phi) is 3.41. The lowest BCUT2D eigenvalue weighted by molar-refractivity contribution is 0.0956. The zero-order chi connectivity index (χ0) is 15.0. The van der Waals surface area contributed by atoms with Gasteiger partial charge in [0.15, 0.2) is 0 Å². The normalized spacial score (nSPS) is 19.1. The molecule has 0 aliphatic carbocycles. The van der Waals surface area contributed by atoms with Gasteiger partial charge in [-0.1, -0.05) is 24.3 Å². The van der Waals surface area contributed by atoms with Gasteiger partial charge in [0.05, 0.1) is 6.04 Å². The number of benzene rings is 2. The summed E-state index contributed by atoms with van der Waals surface area (Å²) in [7, 11) is 0. The number of ether oxygens (including phenoxy) is 1. The highest BCUT2D eigenvalue weighted by Gasteiger charge is 2.40. The second-order valence-corrected chi connectivity index (χ2v) is 5.79. The average molecular weight is 289 g/mol. The Hall–Kier alpha value is -1.94. The number of nitrogens with one attached hydrogen (secondary N) is 1. The third kappa shape index (κ3) is 2.63. The molecule has 0 amide bonds. The highest BCUT2D eigenvalue weighted by Crippen LogP contribution is 2.42. The first-order valence-electron chi connectivity index (χ1n) is 6.92. The molecule has 1 unspecified atom stereocenters. The van der Waals surface area contributed by atoms with Crippen LogP contribution in [0.2, 0.25) is 0 Å². The van der Waals surface area contributed by atoms with Crippen LogP contribution in [0.1, 0.15) is 31.0 Å². The molecule has 0 aromatic heterocycles. The van der Waals surface area contributed by atoms with Crippen LogP contribution in [0.5, 0.6) is 5.75 Å². The van der Waals surface area contributed by atoms with Crippen molar-refractivity contribution < 1.29 is 13.5 Å². The van der Waals surface area contributed by atoms with E-state index < -0.39 is 17.2 Å². The van der Waals surface area contributed by atoms with Crippen LogP contribution >= 0.6 is 0 Å². The summed E-state index contributed by atoms with van der Waals surface area (Å²) in [6.45, 7) is 4.30. The molecule has 0 bridgehead atoms. The smallest absolute Gasteiger partial charge is 0.130 e. The van der Waals surface area contributed by atoms with E-state index in [0.717, 1.165) is 17.4 Å². The number of para-hydroxylation sites is 1. The Labute approximate surface area is 122 Å². The van der Waals surface area contributed by atoms with Crippen molar-refractivity contribution in [3.8, 4) is 5.75 Å². The quantitative estimate of drug-likeness (QED) is 0.923. The van der Waals surface area contributed by atoms with E-state index in [0.29, 0.717) is 12.1 Å². The second kappa shape index (κ2) is 5.11. The van der Waals surface area contributed by atoms with E-state index >= 15 is 0 Å². The van der Waals surface area contributed by atoms with Gasteiger partial charge in [0.1, 0.15) is 23.0 Å². The van der Waals surface area contributed by atoms with Crippen molar-refractivity contribution in [1.82, 2.24) is 5.32 Å². The first-order valence-corrected chi connectivity index (χ1v) is 6.92. The molecule has 0 radical (unpaired) electrons. The lowest BCUT2D eigenvalue weighted by Crippen LogP contribution is -2.38. The van der Waals surface area contributed by atoms with E-state index in [4.69, 9.17) is 4.74 Å². The summed E-state index contributed by atoms with van der Waals surface area (Å²) in [6.07, 6.45) is 0. The van der Waals surface area contributed by atoms with E-state index in [1.54, 1.807) is 0 Å². The Morgan fingerprint density at radius 2 is 1.90 bits per heavy atom. The first-order chi connectivity index (χ1) is 9.97. The summed E-state index contributed by atoms with van der Waals surface area (Å²) in [5.41, 5.74) is 1.09. The predicted molar refractivity (Wildman–Crippen MR) is 77.1 cm³/mol. The number of hydrogen-bond donors (Lipinski definition) is 1. The molecule has 0 fully saturated rings. The third-order valence-corrected chi connectivity index (χ3v) is 3.81. The van der Waals surface area contributed by atoms with Gasteiger partial charge in [-0.2, -0.15) is 0 Å². The summed E-state index contributed by atoms with van der Waals surface area (Å²) in [5.74, 6) is -0.252. The second-order valence-electron chi connectivity index (χ2n) is 5.79. The first kappa shape index (κ1) is 14.0. The van der Waals surface area contributed by atoms with Gasteiger partial charge in [0.2, 0.25) is 0 Å². The molecule has 4 heteroatoms. The van der Waals surface area contributed by atoms with Crippen LogP contribution < -0.4 is 10.1 Å². The number of hydrogen-bond acceptors (Lipinski definition) is 2. The Morgan fingerprint density at radius 1 is 1.14 bits per heavy atom. The molecule has 2 aromatic rings. The van der Waals surface area contributed by atoms with Gasteiger partial charge in [-0.25, -0.2) is 8.78 Å². The van der Waals surface area contributed by atoms with Crippen LogP contribution in [0.15, 0.2) is 42.5 Å². The summed E-state index contributed by atoms with van der Waals surface area (Å²) in [4.78, 5) is 0. The zero-order valence-electron chi connectivity index (χ0n) is 12.0. The number of rotatable bonds is 3. The van der Waals surface area contributed by atoms with Crippen molar-refractivity contribution in [3.05, 3.63) is 65.2 Å². The van der Waals surface area contributed by atoms with Gasteiger partial charge in [0, 0.05) is 23.7 Å². The summed E-state index contributed by atoms with van der Waals surface area (Å²) < 4.78 is 32.6. The van der Waals surface area contributed by atoms with E-state index in [-0.39, 0.29) is 6.04 Å². The van der Waals surface area contributed by atoms with Gasteiger partial charge >= 0.3 is 0 Å². The lowest BCUT2D eigenvalue weighted by Gasteiger charge is -2.27. The number of halogens is 2. The maximum absolute atomic E-state index is 13.7. The van der Waals surface area contributed by atoms with Crippen LogP contribution in [0.3, 0.4) is 0 Å². The number of fused-ring (bicyclic) bond motifs is 1. The molecule has 3 rings (SSSR count). The molecule has 0 saturated heterocycles. The molecule has 0 saturated carbocycles. The molecule has 110 valence electrons. The maximum atomic E-state index is 13.7. The minimum atomic E-state index is -0.564. The molecule has 1 atom stereocenters. The molecule has 1 aliphatic rings. The average Bonchev–Trinajstić information content (AvgIpc) is 2.68. The molecule has 2 aromatic carbocycles. The van der Waals surface area contributed by atoms with E-state index in [2.05, 4.69) is 5.32 Å². The minimum Gasteiger partial charge on any atom is -0.486 e. The van der Waals surface area contributed by atoms with Crippen molar-refractivity contribution in [2.24, 2.45) is 0 Å². The SMILES string of the molecule is CC1(C)Oc2ccccc2C1NCc1ccc(F)cc1F. The summed E-state index contributed by atoms with van der Waals surface area (Å²) in [6, 6.07) is 11.4. The Morgan fingerprint density at radius 3 is 2.67 bits per heavy atom. The van der Waals surface area contributed by atoms with E-state index in [9.17, 15) is 8.78 Å². The highest BCUT2D eigenvalue weighted by molar-refractivity contribution is 5.42. The van der Waals surface area contributed by atoms with Gasteiger partial charge in [-0.15, -0.1) is 0 Å². The van der Waals surface area contributed by atoms with Crippen LogP contribution in [0.4, 0.5) is 8.78 Å². The van der Waals surface area contributed by atoms with Crippen LogP contribution in [0, 0.1) is 11.6 Å². The molecular weight excluding hydrogens is 272 g/mol. The van der Waals surface area contributed by atoms with Crippen LogP contribution in [-0.2, 0) is 6.54 Å². The van der Waals surface area contributed by atoms with Crippen molar-refractivity contribution in [2.45, 2.75) is 32.0 Å². The summed E-state index contributed by atoms with van der Waals surface area (Å²) in [5, 5.41) is 3.32. The standard InChI is InChI=1S/C17H17F2NO/c1-17(2)16(13-5-3-4-6-15(13)21-17)20-10-11-7-8-12(18)9-14(11)19/h3-9,16,20H,10H2,1-2H3.